The fourth-order valence-corrected chi connectivity index (χ4v) is 5.22. The second-order valence-electron chi connectivity index (χ2n) is 6.99. The molecule has 1 aliphatic carbocycles. The zero-order chi connectivity index (χ0) is 17.9. The van der Waals surface area contributed by atoms with Crippen molar-refractivity contribution in [2.45, 2.75) is 31.7 Å². The predicted molar refractivity (Wildman–Crippen MR) is 95.7 cm³/mol. The van der Waals surface area contributed by atoms with Crippen LogP contribution in [-0.2, 0) is 14.8 Å². The molecule has 0 radical (unpaired) electrons. The summed E-state index contributed by atoms with van der Waals surface area (Å²) < 4.78 is 26.5. The molecule has 2 aliphatic rings. The molecule has 3 rings (SSSR count). The first-order valence-corrected chi connectivity index (χ1v) is 10.6. The van der Waals surface area contributed by atoms with E-state index in [1.807, 2.05) is 23.1 Å². The summed E-state index contributed by atoms with van der Waals surface area (Å²) >= 11 is 0. The van der Waals surface area contributed by atoms with Gasteiger partial charge in [-0.05, 0) is 17.9 Å². The minimum atomic E-state index is -3.23. The largest absolute Gasteiger partial charge is 0.480 e. The van der Waals surface area contributed by atoms with Gasteiger partial charge < -0.3 is 5.11 Å². The number of hydrogen-bond acceptors (Lipinski definition) is 4. The number of hydrogen-bond donors (Lipinski definition) is 1. The lowest BCUT2D eigenvalue weighted by molar-refractivity contribution is -0.144. The standard InChI is InChI=1S/C18H26N2O4S/c21-18(22)17(16-7-2-1-3-8-16)19-10-12-20(13-11-19)25(23,24)14-9-15-5-4-6-15/h1-3,7-8,15,17H,4-6,9-14H2,(H,21,22). The van der Waals surface area contributed by atoms with Crippen molar-refractivity contribution < 1.29 is 18.3 Å². The van der Waals surface area contributed by atoms with Gasteiger partial charge in [0, 0.05) is 26.2 Å². The van der Waals surface area contributed by atoms with Crippen LogP contribution in [0, 0.1) is 5.92 Å². The van der Waals surface area contributed by atoms with Crippen LogP contribution in [0.2, 0.25) is 0 Å². The SMILES string of the molecule is O=C(O)C(c1ccccc1)N1CCN(S(=O)(=O)CCC2CCC2)CC1. The second-order valence-corrected chi connectivity index (χ2v) is 9.08. The van der Waals surface area contributed by atoms with Gasteiger partial charge in [0.2, 0.25) is 10.0 Å². The molecule has 138 valence electrons. The molecule has 1 atom stereocenters. The molecular weight excluding hydrogens is 340 g/mol. The average molecular weight is 366 g/mol. The van der Waals surface area contributed by atoms with E-state index in [4.69, 9.17) is 0 Å². The van der Waals surface area contributed by atoms with Crippen molar-refractivity contribution in [2.75, 3.05) is 31.9 Å². The zero-order valence-electron chi connectivity index (χ0n) is 14.4. The van der Waals surface area contributed by atoms with Crippen molar-refractivity contribution in [1.29, 1.82) is 0 Å². The molecule has 2 fully saturated rings. The monoisotopic (exact) mass is 366 g/mol. The predicted octanol–water partition coefficient (Wildman–Crippen LogP) is 1.95. The number of aliphatic carboxylic acids is 1. The maximum atomic E-state index is 12.5. The Balaban J connectivity index is 1.59. The van der Waals surface area contributed by atoms with Gasteiger partial charge in [0.15, 0.2) is 0 Å². The number of benzene rings is 1. The second kappa shape index (κ2) is 7.85. The van der Waals surface area contributed by atoms with Gasteiger partial charge in [0.05, 0.1) is 5.75 Å². The Labute approximate surface area is 149 Å². The lowest BCUT2D eigenvalue weighted by Gasteiger charge is -2.37. The minimum Gasteiger partial charge on any atom is -0.480 e. The van der Waals surface area contributed by atoms with E-state index in [2.05, 4.69) is 0 Å². The minimum absolute atomic E-state index is 0.221. The lowest BCUT2D eigenvalue weighted by Crippen LogP contribution is -2.51. The van der Waals surface area contributed by atoms with E-state index >= 15 is 0 Å². The Morgan fingerprint density at radius 2 is 1.76 bits per heavy atom. The normalized spacial score (nSPS) is 21.6. The molecule has 1 saturated carbocycles. The van der Waals surface area contributed by atoms with Gasteiger partial charge in [-0.15, -0.1) is 0 Å². The van der Waals surface area contributed by atoms with E-state index in [1.54, 1.807) is 12.1 Å². The van der Waals surface area contributed by atoms with Crippen LogP contribution in [0.5, 0.6) is 0 Å². The van der Waals surface area contributed by atoms with Crippen molar-refractivity contribution in [3.8, 4) is 0 Å². The molecule has 0 aromatic heterocycles. The van der Waals surface area contributed by atoms with Crippen molar-refractivity contribution in [3.05, 3.63) is 35.9 Å². The van der Waals surface area contributed by atoms with Crippen molar-refractivity contribution in [1.82, 2.24) is 9.21 Å². The molecule has 1 aromatic rings. The van der Waals surface area contributed by atoms with Crippen LogP contribution >= 0.6 is 0 Å². The van der Waals surface area contributed by atoms with Crippen LogP contribution in [0.3, 0.4) is 0 Å². The van der Waals surface area contributed by atoms with Crippen LogP contribution in [0.4, 0.5) is 0 Å². The molecule has 1 aromatic carbocycles. The molecular formula is C18H26N2O4S. The summed E-state index contributed by atoms with van der Waals surface area (Å²) in [5.74, 6) is -0.100. The Kier molecular flexibility index (Phi) is 5.76. The van der Waals surface area contributed by atoms with Crippen LogP contribution in [0.15, 0.2) is 30.3 Å². The average Bonchev–Trinajstić information content (AvgIpc) is 2.55. The summed E-state index contributed by atoms with van der Waals surface area (Å²) in [6.45, 7) is 1.61. The van der Waals surface area contributed by atoms with E-state index in [1.165, 1.54) is 10.7 Å². The van der Waals surface area contributed by atoms with Gasteiger partial charge in [-0.1, -0.05) is 49.6 Å². The van der Waals surface area contributed by atoms with E-state index in [-0.39, 0.29) is 5.75 Å². The number of sulfonamides is 1. The third-order valence-electron chi connectivity index (χ3n) is 5.39. The Bertz CT molecular complexity index is 680. The van der Waals surface area contributed by atoms with Crippen LogP contribution in [0.25, 0.3) is 0 Å². The number of nitrogens with zero attached hydrogens (tertiary/aromatic N) is 2. The summed E-state index contributed by atoms with van der Waals surface area (Å²) in [6, 6.07) is 8.40. The number of carboxylic acids is 1. The Morgan fingerprint density at radius 3 is 2.28 bits per heavy atom. The number of piperazine rings is 1. The number of carbonyl (C=O) groups is 1. The summed E-state index contributed by atoms with van der Waals surface area (Å²) in [6.07, 6.45) is 4.28. The summed E-state index contributed by atoms with van der Waals surface area (Å²) in [5.41, 5.74) is 0.733. The molecule has 1 unspecified atom stereocenters. The number of rotatable bonds is 7. The maximum absolute atomic E-state index is 12.5. The first kappa shape index (κ1) is 18.4. The molecule has 6 nitrogen and oxygen atoms in total. The van der Waals surface area contributed by atoms with E-state index in [9.17, 15) is 18.3 Å². The topological polar surface area (TPSA) is 77.9 Å². The smallest absolute Gasteiger partial charge is 0.325 e. The molecule has 0 bridgehead atoms. The first-order chi connectivity index (χ1) is 12.0. The van der Waals surface area contributed by atoms with Crippen molar-refractivity contribution >= 4 is 16.0 Å². The van der Waals surface area contributed by atoms with Crippen LogP contribution in [0.1, 0.15) is 37.3 Å². The highest BCUT2D eigenvalue weighted by molar-refractivity contribution is 7.89. The van der Waals surface area contributed by atoms with E-state index in [0.29, 0.717) is 32.1 Å². The molecule has 0 spiro atoms. The van der Waals surface area contributed by atoms with E-state index < -0.39 is 22.0 Å². The Morgan fingerprint density at radius 1 is 1.12 bits per heavy atom. The van der Waals surface area contributed by atoms with Crippen LogP contribution in [-0.4, -0.2) is 60.6 Å². The highest BCUT2D eigenvalue weighted by Gasteiger charge is 2.34. The summed E-state index contributed by atoms with van der Waals surface area (Å²) in [5, 5.41) is 9.61. The fourth-order valence-electron chi connectivity index (χ4n) is 3.61. The van der Waals surface area contributed by atoms with Gasteiger partial charge in [0.25, 0.3) is 0 Å². The molecule has 1 saturated heterocycles. The molecule has 1 N–H and O–H groups in total. The quantitative estimate of drug-likeness (QED) is 0.798. The number of carboxylic acid groups (broad SMARTS) is 1. The van der Waals surface area contributed by atoms with Gasteiger partial charge in [0.1, 0.15) is 6.04 Å². The summed E-state index contributed by atoms with van der Waals surface area (Å²) in [4.78, 5) is 13.6. The Hall–Kier alpha value is -1.44. The lowest BCUT2D eigenvalue weighted by atomic mass is 9.84. The fraction of sp³-hybridized carbons (Fsp3) is 0.611. The molecule has 1 aliphatic heterocycles. The summed E-state index contributed by atoms with van der Waals surface area (Å²) in [7, 11) is -3.23. The van der Waals surface area contributed by atoms with Crippen LogP contribution < -0.4 is 0 Å². The highest BCUT2D eigenvalue weighted by atomic mass is 32.2. The van der Waals surface area contributed by atoms with Gasteiger partial charge in [-0.25, -0.2) is 8.42 Å². The molecule has 7 heteroatoms. The third-order valence-corrected chi connectivity index (χ3v) is 7.29. The van der Waals surface area contributed by atoms with Crippen molar-refractivity contribution in [3.63, 3.8) is 0 Å². The first-order valence-electron chi connectivity index (χ1n) is 8.97. The van der Waals surface area contributed by atoms with Gasteiger partial charge in [-0.3, -0.25) is 9.69 Å². The molecule has 25 heavy (non-hydrogen) atoms. The molecule has 0 amide bonds. The molecule has 1 heterocycles. The third kappa shape index (κ3) is 4.40. The zero-order valence-corrected chi connectivity index (χ0v) is 15.2. The van der Waals surface area contributed by atoms with Gasteiger partial charge in [-0.2, -0.15) is 4.31 Å². The highest BCUT2D eigenvalue weighted by Crippen LogP contribution is 2.30. The van der Waals surface area contributed by atoms with E-state index in [0.717, 1.165) is 24.8 Å². The van der Waals surface area contributed by atoms with Gasteiger partial charge >= 0.3 is 5.97 Å². The van der Waals surface area contributed by atoms with Crippen molar-refractivity contribution in [2.24, 2.45) is 5.92 Å². The maximum Gasteiger partial charge on any atom is 0.325 e.